The van der Waals surface area contributed by atoms with Crippen molar-refractivity contribution in [3.8, 4) is 0 Å². The van der Waals surface area contributed by atoms with Gasteiger partial charge in [0.15, 0.2) is 8.24 Å². The molecule has 2 rings (SSSR count). The molecule has 0 radical (unpaired) electrons. The van der Waals surface area contributed by atoms with E-state index in [4.69, 9.17) is 0 Å². The van der Waals surface area contributed by atoms with Crippen molar-refractivity contribution in [2.45, 2.75) is 80.3 Å². The number of aryl methyl sites for hydroxylation is 2. The first-order valence-corrected chi connectivity index (χ1v) is 13.0. The van der Waals surface area contributed by atoms with Crippen LogP contribution < -0.4 is 4.98 Å². The zero-order chi connectivity index (χ0) is 18.8. The van der Waals surface area contributed by atoms with Crippen molar-refractivity contribution >= 4 is 13.9 Å². The molecule has 2 heteroatoms. The fourth-order valence-electron chi connectivity index (χ4n) is 4.52. The van der Waals surface area contributed by atoms with Gasteiger partial charge in [-0.1, -0.05) is 68.2 Å². The fraction of sp³-hybridized carbons (Fsp3) is 0.565. The highest BCUT2D eigenvalue weighted by atomic mass is 28.3. The molecule has 0 heterocycles. The largest absolute Gasteiger partial charge is 0.407 e. The van der Waals surface area contributed by atoms with Crippen LogP contribution in [-0.4, -0.2) is 8.24 Å². The van der Waals surface area contributed by atoms with Gasteiger partial charge in [0.05, 0.1) is 0 Å². The van der Waals surface area contributed by atoms with Crippen LogP contribution in [0, 0.1) is 5.92 Å². The number of nitrogens with one attached hydrogen (secondary N) is 1. The molecule has 138 valence electrons. The second-order valence-electron chi connectivity index (χ2n) is 8.27. The van der Waals surface area contributed by atoms with E-state index in [1.54, 1.807) is 16.3 Å². The van der Waals surface area contributed by atoms with E-state index < -0.39 is 8.24 Å². The SMILES string of the molecule is CCCc1cccc(CCC)c1N[Si](C)(C)C1=C(C)C(C)=C(C)C1C. The van der Waals surface area contributed by atoms with Crippen LogP contribution in [0.3, 0.4) is 0 Å². The topological polar surface area (TPSA) is 12.0 Å². The zero-order valence-corrected chi connectivity index (χ0v) is 18.6. The first-order valence-electron chi connectivity index (χ1n) is 10.0. The van der Waals surface area contributed by atoms with Gasteiger partial charge in [0.25, 0.3) is 0 Å². The van der Waals surface area contributed by atoms with Gasteiger partial charge < -0.3 is 4.98 Å². The maximum atomic E-state index is 4.12. The van der Waals surface area contributed by atoms with Crippen LogP contribution in [-0.2, 0) is 12.8 Å². The molecular formula is C23H37NSi. The maximum Gasteiger partial charge on any atom is 0.176 e. The van der Waals surface area contributed by atoms with Crippen LogP contribution in [0.25, 0.3) is 0 Å². The lowest BCUT2D eigenvalue weighted by atomic mass is 10.0. The third-order valence-electron chi connectivity index (χ3n) is 6.03. The number of para-hydroxylation sites is 1. The molecule has 1 nitrogen and oxygen atoms in total. The van der Waals surface area contributed by atoms with E-state index in [0.29, 0.717) is 5.92 Å². The molecule has 1 aromatic rings. The zero-order valence-electron chi connectivity index (χ0n) is 17.6. The molecule has 0 bridgehead atoms. The first kappa shape index (κ1) is 20.0. The van der Waals surface area contributed by atoms with Gasteiger partial charge in [-0.2, -0.15) is 0 Å². The van der Waals surface area contributed by atoms with Gasteiger partial charge in [-0.15, -0.1) is 0 Å². The number of hydrogen-bond acceptors (Lipinski definition) is 1. The Morgan fingerprint density at radius 2 is 1.44 bits per heavy atom. The molecule has 25 heavy (non-hydrogen) atoms. The lowest BCUT2D eigenvalue weighted by Crippen LogP contribution is -2.42. The van der Waals surface area contributed by atoms with Crippen molar-refractivity contribution in [1.82, 2.24) is 0 Å². The lowest BCUT2D eigenvalue weighted by molar-refractivity contribution is 0.847. The number of benzene rings is 1. The van der Waals surface area contributed by atoms with E-state index in [0.717, 1.165) is 12.8 Å². The summed E-state index contributed by atoms with van der Waals surface area (Å²) in [5.41, 5.74) is 9.06. The molecule has 0 amide bonds. The molecule has 1 unspecified atom stereocenters. The van der Waals surface area contributed by atoms with Gasteiger partial charge in [0.1, 0.15) is 0 Å². The smallest absolute Gasteiger partial charge is 0.176 e. The highest BCUT2D eigenvalue weighted by Gasteiger charge is 2.37. The Balaban J connectivity index is 2.45. The molecule has 1 aliphatic rings. The summed E-state index contributed by atoms with van der Waals surface area (Å²) in [4.78, 5) is 4.12. The Labute approximate surface area is 156 Å². The minimum absolute atomic E-state index is 0.585. The van der Waals surface area contributed by atoms with Gasteiger partial charge in [-0.3, -0.25) is 0 Å². The van der Waals surface area contributed by atoms with Crippen molar-refractivity contribution in [2.75, 3.05) is 4.98 Å². The van der Waals surface area contributed by atoms with E-state index >= 15 is 0 Å². The average Bonchev–Trinajstić information content (AvgIpc) is 2.74. The molecule has 1 N–H and O–H groups in total. The molecule has 1 aliphatic carbocycles. The minimum Gasteiger partial charge on any atom is -0.407 e. The molecule has 0 saturated carbocycles. The van der Waals surface area contributed by atoms with Crippen molar-refractivity contribution < 1.29 is 0 Å². The van der Waals surface area contributed by atoms with Crippen LogP contribution >= 0.6 is 0 Å². The Bertz CT molecular complexity index is 670. The molecular weight excluding hydrogens is 318 g/mol. The Kier molecular flexibility index (Phi) is 6.37. The predicted octanol–water partition coefficient (Wildman–Crippen LogP) is 7.05. The van der Waals surface area contributed by atoms with E-state index in [-0.39, 0.29) is 0 Å². The van der Waals surface area contributed by atoms with Gasteiger partial charge in [0.2, 0.25) is 0 Å². The quantitative estimate of drug-likeness (QED) is 0.517. The van der Waals surface area contributed by atoms with Gasteiger partial charge in [-0.05, 0) is 69.3 Å². The molecule has 1 atom stereocenters. The van der Waals surface area contributed by atoms with E-state index in [1.807, 2.05) is 0 Å². The van der Waals surface area contributed by atoms with Gasteiger partial charge in [0, 0.05) is 5.69 Å². The van der Waals surface area contributed by atoms with Crippen LogP contribution in [0.5, 0.6) is 0 Å². The number of allylic oxidation sites excluding steroid dienone is 4. The highest BCUT2D eigenvalue weighted by molar-refractivity contribution is 6.87. The third kappa shape index (κ3) is 3.94. The summed E-state index contributed by atoms with van der Waals surface area (Å²) >= 11 is 0. The third-order valence-corrected chi connectivity index (χ3v) is 9.06. The molecule has 0 saturated heterocycles. The van der Waals surface area contributed by atoms with E-state index in [9.17, 15) is 0 Å². The second kappa shape index (κ2) is 7.95. The first-order chi connectivity index (χ1) is 11.7. The summed E-state index contributed by atoms with van der Waals surface area (Å²) < 4.78 is 0. The summed E-state index contributed by atoms with van der Waals surface area (Å²) in [5.74, 6) is 0.585. The van der Waals surface area contributed by atoms with Crippen LogP contribution in [0.2, 0.25) is 13.1 Å². The van der Waals surface area contributed by atoms with Crippen molar-refractivity contribution in [3.63, 3.8) is 0 Å². The molecule has 0 fully saturated rings. The number of hydrogen-bond donors (Lipinski definition) is 1. The van der Waals surface area contributed by atoms with Crippen molar-refractivity contribution in [2.24, 2.45) is 5.92 Å². The fourth-order valence-corrected chi connectivity index (χ4v) is 8.03. The second-order valence-corrected chi connectivity index (χ2v) is 12.3. The van der Waals surface area contributed by atoms with E-state index in [2.05, 4.69) is 77.8 Å². The van der Waals surface area contributed by atoms with Gasteiger partial charge in [-0.25, -0.2) is 0 Å². The molecule has 0 aromatic heterocycles. The van der Waals surface area contributed by atoms with Crippen molar-refractivity contribution in [1.29, 1.82) is 0 Å². The summed E-state index contributed by atoms with van der Waals surface area (Å²) in [6, 6.07) is 6.89. The maximum absolute atomic E-state index is 4.12. The van der Waals surface area contributed by atoms with Crippen LogP contribution in [0.1, 0.15) is 65.5 Å². The predicted molar refractivity (Wildman–Crippen MR) is 116 cm³/mol. The number of rotatable bonds is 7. The van der Waals surface area contributed by atoms with Gasteiger partial charge >= 0.3 is 0 Å². The number of anilines is 1. The summed E-state index contributed by atoms with van der Waals surface area (Å²) in [6.45, 7) is 18.9. The summed E-state index contributed by atoms with van der Waals surface area (Å²) in [7, 11) is -1.75. The average molecular weight is 356 g/mol. The van der Waals surface area contributed by atoms with Crippen molar-refractivity contribution in [3.05, 3.63) is 51.2 Å². The minimum atomic E-state index is -1.75. The summed E-state index contributed by atoms with van der Waals surface area (Å²) in [5, 5.41) is 1.69. The van der Waals surface area contributed by atoms with Crippen LogP contribution in [0.15, 0.2) is 40.1 Å². The Morgan fingerprint density at radius 3 is 1.84 bits per heavy atom. The highest BCUT2D eigenvalue weighted by Crippen LogP contribution is 2.42. The molecule has 0 aliphatic heterocycles. The normalized spacial score (nSPS) is 18.3. The lowest BCUT2D eigenvalue weighted by Gasteiger charge is -2.33. The van der Waals surface area contributed by atoms with Crippen LogP contribution in [0.4, 0.5) is 5.69 Å². The standard InChI is InChI=1S/C23H37NSi/c1-9-12-20-14-11-15-21(13-10-2)22(20)24-25(7,8)23-18(5)16(3)17(4)19(23)6/h11,14-15,18,24H,9-10,12-13H2,1-8H3. The van der Waals surface area contributed by atoms with E-state index in [1.165, 1.54) is 35.2 Å². The molecule has 0 spiro atoms. The Hall–Kier alpha value is -1.28. The molecule has 1 aromatic carbocycles. The Morgan fingerprint density at radius 1 is 0.920 bits per heavy atom. The summed E-state index contributed by atoms with van der Waals surface area (Å²) in [6.07, 6.45) is 4.72. The monoisotopic (exact) mass is 355 g/mol.